The van der Waals surface area contributed by atoms with Gasteiger partial charge in [-0.3, -0.25) is 9.59 Å². The summed E-state index contributed by atoms with van der Waals surface area (Å²) < 4.78 is 0. The van der Waals surface area contributed by atoms with Crippen LogP contribution in [0.5, 0.6) is 0 Å². The van der Waals surface area contributed by atoms with Crippen LogP contribution in [0.15, 0.2) is 12.2 Å². The molecule has 2 N–H and O–H groups in total. The van der Waals surface area contributed by atoms with Gasteiger partial charge in [0.1, 0.15) is 0 Å². The van der Waals surface area contributed by atoms with Crippen LogP contribution < -0.4 is 5.32 Å². The first-order valence-electron chi connectivity index (χ1n) is 9.52. The van der Waals surface area contributed by atoms with Crippen LogP contribution in [0.1, 0.15) is 72.1 Å². The number of fused-ring (bicyclic) bond motifs is 2. The predicted molar refractivity (Wildman–Crippen MR) is 95.6 cm³/mol. The van der Waals surface area contributed by atoms with Crippen LogP contribution in [0.3, 0.4) is 0 Å². The average molecular weight is 335 g/mol. The molecule has 3 fully saturated rings. The van der Waals surface area contributed by atoms with E-state index in [9.17, 15) is 9.59 Å². The van der Waals surface area contributed by atoms with E-state index in [4.69, 9.17) is 5.11 Å². The largest absolute Gasteiger partial charge is 0.481 e. The van der Waals surface area contributed by atoms with E-state index in [-0.39, 0.29) is 12.3 Å². The van der Waals surface area contributed by atoms with E-state index in [1.54, 1.807) is 0 Å². The molecule has 3 aliphatic carbocycles. The van der Waals surface area contributed by atoms with Crippen molar-refractivity contribution in [1.82, 2.24) is 5.32 Å². The molecule has 3 rings (SSSR count). The van der Waals surface area contributed by atoms with Crippen LogP contribution in [0.2, 0.25) is 0 Å². The van der Waals surface area contributed by atoms with Gasteiger partial charge in [-0.25, -0.2) is 0 Å². The molecule has 0 radical (unpaired) electrons. The highest BCUT2D eigenvalue weighted by Gasteiger charge is 2.57. The topological polar surface area (TPSA) is 66.4 Å². The normalized spacial score (nSPS) is 30.8. The Morgan fingerprint density at radius 1 is 1.21 bits per heavy atom. The molecule has 24 heavy (non-hydrogen) atoms. The van der Waals surface area contributed by atoms with Gasteiger partial charge in [0, 0.05) is 18.9 Å². The summed E-state index contributed by atoms with van der Waals surface area (Å²) in [7, 11) is 0. The molecular formula is C20H33NO3. The molecule has 0 spiro atoms. The fourth-order valence-corrected chi connectivity index (χ4v) is 4.61. The zero-order valence-corrected chi connectivity index (χ0v) is 15.4. The molecule has 0 heterocycles. The molecule has 0 aromatic rings. The Balaban J connectivity index is 1.88. The van der Waals surface area contributed by atoms with Gasteiger partial charge in [0.2, 0.25) is 5.91 Å². The first-order valence-corrected chi connectivity index (χ1v) is 9.52. The van der Waals surface area contributed by atoms with Crippen LogP contribution in [-0.2, 0) is 9.59 Å². The minimum Gasteiger partial charge on any atom is -0.481 e. The Bertz CT molecular complexity index is 483. The highest BCUT2D eigenvalue weighted by molar-refractivity contribution is 5.76. The van der Waals surface area contributed by atoms with Gasteiger partial charge in [0.05, 0.1) is 0 Å². The Morgan fingerprint density at radius 2 is 1.96 bits per heavy atom. The van der Waals surface area contributed by atoms with Crippen molar-refractivity contribution in [3.05, 3.63) is 12.2 Å². The maximum Gasteiger partial charge on any atom is 0.303 e. The number of allylic oxidation sites excluding steroid dienone is 2. The molecule has 4 atom stereocenters. The van der Waals surface area contributed by atoms with Crippen molar-refractivity contribution in [2.24, 2.45) is 23.2 Å². The lowest BCUT2D eigenvalue weighted by molar-refractivity contribution is -0.137. The summed E-state index contributed by atoms with van der Waals surface area (Å²) in [5.41, 5.74) is 0.353. The standard InChI is InChI=1S/C20H33NO3/c1-4-9-17(22)21-19-14(10-7-5-6-8-11-18(23)24)12-15-13-16(19)20(15,2)3/h5,7,14-16,19H,4,6,8-13H2,1-3H3,(H,21,22)(H,23,24)/b7-5-/t14-,15+,16+,19+/m0/s1. The molecule has 0 unspecified atom stereocenters. The molecule has 0 aliphatic heterocycles. The molecule has 0 saturated heterocycles. The number of carboxylic acids is 1. The summed E-state index contributed by atoms with van der Waals surface area (Å²) in [5, 5.41) is 12.0. The van der Waals surface area contributed by atoms with Crippen molar-refractivity contribution < 1.29 is 14.7 Å². The lowest BCUT2D eigenvalue weighted by Gasteiger charge is -2.62. The quantitative estimate of drug-likeness (QED) is 0.491. The summed E-state index contributed by atoms with van der Waals surface area (Å²) in [6.07, 6.45) is 11.0. The second kappa shape index (κ2) is 8.17. The SMILES string of the molecule is CCCC(=O)N[C@@H]1[C@@H](C/C=C\CCCC(=O)O)C[C@@H]2C[C@H]1C2(C)C. The number of rotatable bonds is 9. The van der Waals surface area contributed by atoms with E-state index < -0.39 is 5.97 Å². The third-order valence-electron chi connectivity index (χ3n) is 6.25. The minimum atomic E-state index is -0.725. The lowest BCUT2D eigenvalue weighted by Crippen LogP contribution is -2.63. The maximum atomic E-state index is 12.1. The van der Waals surface area contributed by atoms with E-state index in [1.165, 1.54) is 12.8 Å². The maximum absolute atomic E-state index is 12.1. The number of hydrogen-bond acceptors (Lipinski definition) is 2. The van der Waals surface area contributed by atoms with Crippen LogP contribution in [0.4, 0.5) is 0 Å². The molecule has 136 valence electrons. The van der Waals surface area contributed by atoms with Gasteiger partial charge in [-0.15, -0.1) is 0 Å². The molecule has 3 saturated carbocycles. The Hall–Kier alpha value is -1.32. The van der Waals surface area contributed by atoms with Gasteiger partial charge < -0.3 is 10.4 Å². The van der Waals surface area contributed by atoms with Crippen LogP contribution in [0.25, 0.3) is 0 Å². The number of unbranched alkanes of at least 4 members (excludes halogenated alkanes) is 1. The zero-order valence-electron chi connectivity index (χ0n) is 15.4. The number of aliphatic carboxylic acids is 1. The van der Waals surface area contributed by atoms with Gasteiger partial charge >= 0.3 is 5.97 Å². The third-order valence-corrected chi connectivity index (χ3v) is 6.25. The van der Waals surface area contributed by atoms with Gasteiger partial charge in [-0.2, -0.15) is 0 Å². The average Bonchev–Trinajstić information content (AvgIpc) is 2.51. The Morgan fingerprint density at radius 3 is 2.58 bits per heavy atom. The third kappa shape index (κ3) is 4.40. The first-order chi connectivity index (χ1) is 11.4. The van der Waals surface area contributed by atoms with Gasteiger partial charge in [0.15, 0.2) is 0 Å². The van der Waals surface area contributed by atoms with E-state index in [0.717, 1.165) is 25.2 Å². The number of carbonyl (C=O) groups excluding carboxylic acids is 1. The Labute approximate surface area is 146 Å². The summed E-state index contributed by atoms with van der Waals surface area (Å²) >= 11 is 0. The number of carbonyl (C=O) groups is 2. The fraction of sp³-hybridized carbons (Fsp3) is 0.800. The summed E-state index contributed by atoms with van der Waals surface area (Å²) in [5.74, 6) is 1.38. The smallest absolute Gasteiger partial charge is 0.303 e. The van der Waals surface area contributed by atoms with E-state index >= 15 is 0 Å². The van der Waals surface area contributed by atoms with Gasteiger partial charge in [-0.05, 0) is 61.7 Å². The van der Waals surface area contributed by atoms with E-state index in [0.29, 0.717) is 36.1 Å². The zero-order chi connectivity index (χ0) is 17.7. The monoisotopic (exact) mass is 335 g/mol. The first kappa shape index (κ1) is 19.0. The van der Waals surface area contributed by atoms with Crippen LogP contribution in [-0.4, -0.2) is 23.0 Å². The van der Waals surface area contributed by atoms with Crippen molar-refractivity contribution in [3.8, 4) is 0 Å². The second-order valence-corrected chi connectivity index (χ2v) is 8.19. The molecule has 0 aromatic heterocycles. The lowest BCUT2D eigenvalue weighted by atomic mass is 9.44. The highest BCUT2D eigenvalue weighted by atomic mass is 16.4. The molecule has 0 aromatic carbocycles. The van der Waals surface area contributed by atoms with Gasteiger partial charge in [0.25, 0.3) is 0 Å². The van der Waals surface area contributed by atoms with Crippen molar-refractivity contribution in [2.45, 2.75) is 78.2 Å². The van der Waals surface area contributed by atoms with Crippen molar-refractivity contribution >= 4 is 11.9 Å². The number of nitrogens with one attached hydrogen (secondary N) is 1. The van der Waals surface area contributed by atoms with Crippen molar-refractivity contribution in [3.63, 3.8) is 0 Å². The molecule has 1 amide bonds. The second-order valence-electron chi connectivity index (χ2n) is 8.19. The Kier molecular flexibility index (Phi) is 6.47. The number of carboxylic acid groups (broad SMARTS) is 1. The summed E-state index contributed by atoms with van der Waals surface area (Å²) in [4.78, 5) is 22.6. The van der Waals surface area contributed by atoms with Crippen LogP contribution in [0, 0.1) is 23.2 Å². The number of amides is 1. The predicted octanol–water partition coefficient (Wildman–Crippen LogP) is 4.15. The molecule has 4 nitrogen and oxygen atoms in total. The molecule has 4 heteroatoms. The van der Waals surface area contributed by atoms with Crippen LogP contribution >= 0.6 is 0 Å². The van der Waals surface area contributed by atoms with Crippen molar-refractivity contribution in [1.29, 1.82) is 0 Å². The summed E-state index contributed by atoms with van der Waals surface area (Å²) in [6, 6.07) is 0.299. The van der Waals surface area contributed by atoms with Crippen molar-refractivity contribution in [2.75, 3.05) is 0 Å². The molecule has 2 bridgehead atoms. The van der Waals surface area contributed by atoms with E-state index in [2.05, 4.69) is 31.3 Å². The number of hydrogen-bond donors (Lipinski definition) is 2. The fourth-order valence-electron chi connectivity index (χ4n) is 4.61. The van der Waals surface area contributed by atoms with E-state index in [1.807, 2.05) is 6.92 Å². The highest BCUT2D eigenvalue weighted by Crippen LogP contribution is 2.61. The minimum absolute atomic E-state index is 0.194. The summed E-state index contributed by atoms with van der Waals surface area (Å²) in [6.45, 7) is 6.74. The van der Waals surface area contributed by atoms with Gasteiger partial charge in [-0.1, -0.05) is 32.9 Å². The molecular weight excluding hydrogens is 302 g/mol. The molecule has 3 aliphatic rings.